The summed E-state index contributed by atoms with van der Waals surface area (Å²) in [6.45, 7) is 4.67. The van der Waals surface area contributed by atoms with Crippen LogP contribution in [0.2, 0.25) is 0 Å². The van der Waals surface area contributed by atoms with Crippen molar-refractivity contribution in [2.45, 2.75) is 302 Å². The van der Waals surface area contributed by atoms with Crippen molar-refractivity contribution in [2.75, 3.05) is 40.9 Å². The fourth-order valence-corrected chi connectivity index (χ4v) is 10.7. The van der Waals surface area contributed by atoms with E-state index in [0.717, 1.165) is 128 Å². The summed E-state index contributed by atoms with van der Waals surface area (Å²) >= 11 is 0. The molecule has 0 aromatic carbocycles. The Balaban J connectivity index is 4.20. The molecule has 0 aliphatic rings. The number of quaternary nitrogens is 1. The van der Waals surface area contributed by atoms with Gasteiger partial charge in [-0.25, -0.2) is 4.57 Å². The monoisotopic (exact) mass is 1280 g/mol. The Kier molecular flexibility index (Phi) is 67.0. The smallest absolute Gasteiger partial charge is 0.387 e. The molecule has 3 N–H and O–H groups in total. The van der Waals surface area contributed by atoms with Gasteiger partial charge in [-0.1, -0.05) is 325 Å². The molecular formula is C82H140N2O6P+. The number of rotatable bonds is 66. The van der Waals surface area contributed by atoms with E-state index in [-0.39, 0.29) is 19.1 Å². The van der Waals surface area contributed by atoms with Crippen molar-refractivity contribution in [1.82, 2.24) is 5.32 Å². The third kappa shape index (κ3) is 73.1. The summed E-state index contributed by atoms with van der Waals surface area (Å²) < 4.78 is 23.8. The van der Waals surface area contributed by atoms with Crippen LogP contribution in [0.4, 0.5) is 0 Å². The number of amides is 1. The van der Waals surface area contributed by atoms with Gasteiger partial charge >= 0.3 is 7.82 Å². The molecule has 0 spiro atoms. The van der Waals surface area contributed by atoms with Gasteiger partial charge in [-0.2, -0.15) is 0 Å². The first-order valence-corrected chi connectivity index (χ1v) is 38.5. The number of carbonyl (C=O) groups is 1. The lowest BCUT2D eigenvalue weighted by atomic mass is 10.0. The average Bonchev–Trinajstić information content (AvgIpc) is 3.59. The fourth-order valence-electron chi connectivity index (χ4n) is 9.96. The van der Waals surface area contributed by atoms with Crippen molar-refractivity contribution in [2.24, 2.45) is 0 Å². The molecule has 0 fully saturated rings. The van der Waals surface area contributed by atoms with E-state index in [1.54, 1.807) is 6.08 Å². The zero-order valence-corrected chi connectivity index (χ0v) is 60.2. The van der Waals surface area contributed by atoms with Crippen LogP contribution < -0.4 is 5.32 Å². The molecular weight excluding hydrogens is 1140 g/mol. The molecule has 0 saturated heterocycles. The first-order valence-electron chi connectivity index (χ1n) is 37.0. The zero-order chi connectivity index (χ0) is 66.2. The van der Waals surface area contributed by atoms with Crippen LogP contribution in [0.5, 0.6) is 0 Å². The van der Waals surface area contributed by atoms with Crippen molar-refractivity contribution < 1.29 is 32.9 Å². The molecule has 0 rings (SSSR count). The molecule has 0 aliphatic heterocycles. The summed E-state index contributed by atoms with van der Waals surface area (Å²) in [5.41, 5.74) is 0. The van der Waals surface area contributed by atoms with E-state index >= 15 is 0 Å². The lowest BCUT2D eigenvalue weighted by Gasteiger charge is -2.25. The molecule has 8 nitrogen and oxygen atoms in total. The highest BCUT2D eigenvalue weighted by Gasteiger charge is 2.28. The number of phosphoric acid groups is 1. The van der Waals surface area contributed by atoms with Crippen molar-refractivity contribution in [1.29, 1.82) is 0 Å². The Morgan fingerprint density at radius 2 is 0.670 bits per heavy atom. The first-order chi connectivity index (χ1) is 44.5. The van der Waals surface area contributed by atoms with E-state index < -0.39 is 20.0 Å². The van der Waals surface area contributed by atoms with Crippen LogP contribution in [0.1, 0.15) is 290 Å². The van der Waals surface area contributed by atoms with Crippen LogP contribution in [0.3, 0.4) is 0 Å². The van der Waals surface area contributed by atoms with E-state index in [4.69, 9.17) is 9.05 Å². The molecule has 0 radical (unpaired) electrons. The van der Waals surface area contributed by atoms with Gasteiger partial charge in [0.15, 0.2) is 0 Å². The molecule has 0 aromatic heterocycles. The highest BCUT2D eigenvalue weighted by atomic mass is 31.2. The molecule has 3 unspecified atom stereocenters. The minimum atomic E-state index is -4.38. The number of nitrogens with zero attached hydrogens (tertiary/aromatic N) is 1. The Morgan fingerprint density at radius 1 is 0.385 bits per heavy atom. The summed E-state index contributed by atoms with van der Waals surface area (Å²) in [4.78, 5) is 23.4. The molecule has 3 atom stereocenters. The van der Waals surface area contributed by atoms with Crippen molar-refractivity contribution >= 4 is 13.7 Å². The number of nitrogens with one attached hydrogen (secondary N) is 1. The molecule has 0 aromatic rings. The lowest BCUT2D eigenvalue weighted by Crippen LogP contribution is -2.45. The molecule has 0 bridgehead atoms. The maximum absolute atomic E-state index is 13.1. The van der Waals surface area contributed by atoms with E-state index in [9.17, 15) is 19.4 Å². The van der Waals surface area contributed by atoms with Gasteiger partial charge in [-0.3, -0.25) is 13.8 Å². The minimum Gasteiger partial charge on any atom is -0.387 e. The second-order valence-corrected chi connectivity index (χ2v) is 27.0. The lowest BCUT2D eigenvalue weighted by molar-refractivity contribution is -0.870. The van der Waals surface area contributed by atoms with E-state index in [1.807, 2.05) is 27.2 Å². The Bertz CT molecular complexity index is 2090. The molecule has 518 valence electrons. The van der Waals surface area contributed by atoms with Gasteiger partial charge in [-0.15, -0.1) is 0 Å². The number of hydrogen-bond acceptors (Lipinski definition) is 5. The van der Waals surface area contributed by atoms with Crippen LogP contribution in [0.25, 0.3) is 0 Å². The number of phosphoric ester groups is 1. The number of allylic oxidation sites excluding steroid dienone is 27. The van der Waals surface area contributed by atoms with Crippen molar-refractivity contribution in [3.8, 4) is 0 Å². The Hall–Kier alpha value is -4.14. The summed E-state index contributed by atoms with van der Waals surface area (Å²) in [5.74, 6) is -0.207. The summed E-state index contributed by atoms with van der Waals surface area (Å²) in [7, 11) is 1.52. The Morgan fingerprint density at radius 3 is 1.01 bits per heavy atom. The highest BCUT2D eigenvalue weighted by Crippen LogP contribution is 2.43. The fraction of sp³-hybridized carbons (Fsp3) is 0.646. The van der Waals surface area contributed by atoms with Gasteiger partial charge in [0.2, 0.25) is 5.91 Å². The number of aliphatic hydroxyl groups is 1. The summed E-state index contributed by atoms with van der Waals surface area (Å²) in [6.07, 6.45) is 111. The van der Waals surface area contributed by atoms with Crippen LogP contribution in [0, 0.1) is 0 Å². The summed E-state index contributed by atoms with van der Waals surface area (Å²) in [6, 6.07) is -0.891. The van der Waals surface area contributed by atoms with Crippen LogP contribution in [-0.2, 0) is 18.4 Å². The third-order valence-corrected chi connectivity index (χ3v) is 16.6. The van der Waals surface area contributed by atoms with Crippen LogP contribution in [-0.4, -0.2) is 73.4 Å². The first kappa shape index (κ1) is 86.9. The molecule has 0 saturated carbocycles. The highest BCUT2D eigenvalue weighted by molar-refractivity contribution is 7.47. The van der Waals surface area contributed by atoms with Crippen LogP contribution in [0.15, 0.2) is 170 Å². The maximum atomic E-state index is 13.1. The Labute approximate surface area is 562 Å². The third-order valence-electron chi connectivity index (χ3n) is 15.6. The maximum Gasteiger partial charge on any atom is 0.472 e. The number of likely N-dealkylation sites (N-methyl/N-ethyl adjacent to an activating group) is 1. The quantitative estimate of drug-likeness (QED) is 0.0243. The minimum absolute atomic E-state index is 0.0426. The van der Waals surface area contributed by atoms with Crippen molar-refractivity contribution in [3.05, 3.63) is 170 Å². The zero-order valence-electron chi connectivity index (χ0n) is 59.3. The molecule has 1 amide bonds. The predicted molar refractivity (Wildman–Crippen MR) is 400 cm³/mol. The average molecular weight is 1280 g/mol. The van der Waals surface area contributed by atoms with Gasteiger partial charge in [0.1, 0.15) is 13.2 Å². The van der Waals surface area contributed by atoms with Gasteiger partial charge in [0.05, 0.1) is 39.9 Å². The normalized spacial score (nSPS) is 14.6. The van der Waals surface area contributed by atoms with E-state index in [1.165, 1.54) is 141 Å². The number of hydrogen-bond donors (Lipinski definition) is 3. The van der Waals surface area contributed by atoms with Gasteiger partial charge in [0.25, 0.3) is 0 Å². The largest absolute Gasteiger partial charge is 0.472 e. The van der Waals surface area contributed by atoms with Gasteiger partial charge in [-0.05, 0) is 128 Å². The number of aliphatic hydroxyl groups excluding tert-OH is 1. The SMILES string of the molecule is CC/C=C\C/C=C\C/C=C\C/C=C\C/C=C\C/C=C\C/C=C\C/C=C\C/C=C\C/C=C\C/C=C\CCCCCCCCCC(=O)NC(COP(=O)(O)OCC[N+](C)(C)C)C(O)/C=C/CC/C=C/CC/C=C/CCCCCCCCCCCCCCCCCCCC. The van der Waals surface area contributed by atoms with Crippen LogP contribution >= 0.6 is 7.82 Å². The van der Waals surface area contributed by atoms with Gasteiger partial charge < -0.3 is 19.8 Å². The van der Waals surface area contributed by atoms with Crippen molar-refractivity contribution in [3.63, 3.8) is 0 Å². The second-order valence-electron chi connectivity index (χ2n) is 25.6. The molecule has 0 aliphatic carbocycles. The van der Waals surface area contributed by atoms with E-state index in [2.05, 4.69) is 177 Å². The predicted octanol–water partition coefficient (Wildman–Crippen LogP) is 24.3. The van der Waals surface area contributed by atoms with E-state index in [0.29, 0.717) is 17.4 Å². The molecule has 0 heterocycles. The standard InChI is InChI=1S/C82H139N2O6P/c1-6-8-10-12-14-16-18-20-22-24-26-28-30-32-34-36-37-38-39-40-41-42-43-44-45-46-47-48-50-52-54-56-58-60-62-64-66-68-70-72-74-76-82(86)83-80(79-90-91(87,88)89-78-77-84(3,4)5)81(85)75-73-71-69-67-65-63-61-59-57-55-53-51-49-35-33-31-29-27-25-23-21-19-17-15-13-11-9-7-2/h8,10,14,16,20,22,26,28,32,34,37-38,40-41,43-44,46-47,50,52,56-59,65,67,73,75,80-81,85H,6-7,9,11-13,15,17-19,21,23-25,27,29-31,33,35-36,39,42,45,48-49,51,53-55,60-64,66,68-72,74,76-79H2,1-5H3,(H-,83,86,87,88)/p+1/b10-8-,16-14-,22-20-,28-26-,34-32-,38-37-,41-40-,44-43-,47-46-,52-50-,58-56-,59-57+,67-65+,75-73+. The summed E-state index contributed by atoms with van der Waals surface area (Å²) in [5, 5.41) is 14.0. The number of unbranched alkanes of at least 4 members (excludes halogenated alkanes) is 27. The topological polar surface area (TPSA) is 105 Å². The molecule has 9 heteroatoms. The van der Waals surface area contributed by atoms with Gasteiger partial charge in [0, 0.05) is 6.42 Å². The second kappa shape index (κ2) is 70.2. The number of carbonyl (C=O) groups excluding carboxylic acids is 1. The molecule has 91 heavy (non-hydrogen) atoms.